The van der Waals surface area contributed by atoms with Crippen molar-refractivity contribution in [1.29, 1.82) is 0 Å². The predicted octanol–water partition coefficient (Wildman–Crippen LogP) is 3.74. The van der Waals surface area contributed by atoms with E-state index in [2.05, 4.69) is 27.7 Å². The molecule has 4 saturated carbocycles. The fourth-order valence-corrected chi connectivity index (χ4v) is 10.3. The predicted molar refractivity (Wildman–Crippen MR) is 121 cm³/mol. The van der Waals surface area contributed by atoms with Crippen LogP contribution in [0, 0.1) is 52.3 Å². The minimum absolute atomic E-state index is 0.0870. The zero-order valence-electron chi connectivity index (χ0n) is 20.4. The number of aliphatic hydroxyl groups excluding tert-OH is 3. The molecule has 182 valence electrons. The molecule has 2 aliphatic heterocycles. The molecule has 14 atom stereocenters. The van der Waals surface area contributed by atoms with E-state index in [4.69, 9.17) is 9.47 Å². The molecule has 3 N–H and O–H groups in total. The van der Waals surface area contributed by atoms with Crippen LogP contribution < -0.4 is 0 Å². The summed E-state index contributed by atoms with van der Waals surface area (Å²) in [5, 5.41) is 32.1. The average Bonchev–Trinajstić information content (AvgIpc) is 3.18. The lowest BCUT2D eigenvalue weighted by molar-refractivity contribution is -0.273. The Balaban J connectivity index is 1.28. The Hall–Kier alpha value is -0.200. The highest BCUT2D eigenvalue weighted by atomic mass is 16.7. The van der Waals surface area contributed by atoms with Gasteiger partial charge < -0.3 is 24.8 Å². The lowest BCUT2D eigenvalue weighted by atomic mass is 9.43. The third-order valence-electron chi connectivity index (χ3n) is 12.0. The summed E-state index contributed by atoms with van der Waals surface area (Å²) in [5.41, 5.74) is 0.146. The second-order valence-corrected chi connectivity index (χ2v) is 13.4. The summed E-state index contributed by atoms with van der Waals surface area (Å²) in [5.74, 6) is 2.86. The molecule has 6 rings (SSSR count). The topological polar surface area (TPSA) is 79.2 Å². The van der Waals surface area contributed by atoms with Crippen LogP contribution in [0.5, 0.6) is 0 Å². The minimum atomic E-state index is -0.692. The second kappa shape index (κ2) is 7.16. The Bertz CT molecular complexity index is 748. The molecule has 6 aliphatic rings. The van der Waals surface area contributed by atoms with Crippen LogP contribution in [0.3, 0.4) is 0 Å². The van der Waals surface area contributed by atoms with Crippen LogP contribution in [0.4, 0.5) is 0 Å². The third kappa shape index (κ3) is 2.81. The Kier molecular flexibility index (Phi) is 4.99. The molecule has 0 aromatic rings. The van der Waals surface area contributed by atoms with E-state index in [1.165, 1.54) is 19.3 Å². The van der Waals surface area contributed by atoms with Gasteiger partial charge in [0, 0.05) is 12.3 Å². The van der Waals surface area contributed by atoms with Gasteiger partial charge >= 0.3 is 0 Å². The molecule has 4 aliphatic carbocycles. The third-order valence-corrected chi connectivity index (χ3v) is 12.0. The van der Waals surface area contributed by atoms with Crippen molar-refractivity contribution in [1.82, 2.24) is 0 Å². The summed E-state index contributed by atoms with van der Waals surface area (Å²) >= 11 is 0. The standard InChI is InChI=1S/C27H44O5/c1-14-5-8-27(31-13-14)15(2)24-23(32-27)11-18-16-9-20(28)19-10-21(29)22(30)12-26(19,4)17(16)6-7-25(18,24)3/h14-24,28-30H,5-13H2,1-4H3/t14-,15?,16-,17+,18+,19-,20+,21-,22-,23?,24?,25+,26-,27-/m1/s1. The largest absolute Gasteiger partial charge is 0.393 e. The monoisotopic (exact) mass is 448 g/mol. The smallest absolute Gasteiger partial charge is 0.171 e. The van der Waals surface area contributed by atoms with Crippen molar-refractivity contribution in [2.45, 2.75) is 109 Å². The van der Waals surface area contributed by atoms with Crippen LogP contribution in [-0.4, -0.2) is 52.1 Å². The van der Waals surface area contributed by atoms with E-state index in [1.54, 1.807) is 0 Å². The zero-order chi connectivity index (χ0) is 22.6. The van der Waals surface area contributed by atoms with Crippen LogP contribution in [0.15, 0.2) is 0 Å². The Morgan fingerprint density at radius 3 is 2.28 bits per heavy atom. The molecule has 2 heterocycles. The highest BCUT2D eigenvalue weighted by molar-refractivity contribution is 5.16. The molecule has 0 amide bonds. The molecule has 0 radical (unpaired) electrons. The van der Waals surface area contributed by atoms with Crippen LogP contribution >= 0.6 is 0 Å². The molecule has 0 aromatic heterocycles. The molecule has 6 fully saturated rings. The maximum absolute atomic E-state index is 11.3. The van der Waals surface area contributed by atoms with Gasteiger partial charge in [-0.2, -0.15) is 0 Å². The quantitative estimate of drug-likeness (QED) is 0.526. The van der Waals surface area contributed by atoms with Gasteiger partial charge in [-0.05, 0) is 91.3 Å². The summed E-state index contributed by atoms with van der Waals surface area (Å²) in [6.07, 6.45) is 6.22. The Morgan fingerprint density at radius 2 is 1.56 bits per heavy atom. The van der Waals surface area contributed by atoms with Gasteiger partial charge in [-0.25, -0.2) is 0 Å². The normalized spacial score (nSPS) is 64.0. The first-order valence-corrected chi connectivity index (χ1v) is 13.4. The van der Waals surface area contributed by atoms with E-state index in [-0.39, 0.29) is 34.7 Å². The number of hydrogen-bond acceptors (Lipinski definition) is 5. The molecule has 0 aromatic carbocycles. The Labute approximate surface area is 193 Å². The first kappa shape index (κ1) is 22.3. The van der Waals surface area contributed by atoms with Crippen LogP contribution in [0.25, 0.3) is 0 Å². The van der Waals surface area contributed by atoms with E-state index < -0.39 is 12.2 Å². The fourth-order valence-electron chi connectivity index (χ4n) is 10.3. The summed E-state index contributed by atoms with van der Waals surface area (Å²) in [6.45, 7) is 10.3. The molecular formula is C27H44O5. The number of rotatable bonds is 0. The van der Waals surface area contributed by atoms with E-state index in [9.17, 15) is 15.3 Å². The van der Waals surface area contributed by atoms with Crippen LogP contribution in [0.1, 0.15) is 79.1 Å². The summed E-state index contributed by atoms with van der Waals surface area (Å²) in [6, 6.07) is 0. The van der Waals surface area contributed by atoms with Gasteiger partial charge in [-0.15, -0.1) is 0 Å². The van der Waals surface area contributed by atoms with Gasteiger partial charge in [-0.1, -0.05) is 27.7 Å². The van der Waals surface area contributed by atoms with Crippen molar-refractivity contribution in [3.63, 3.8) is 0 Å². The summed E-state index contributed by atoms with van der Waals surface area (Å²) < 4.78 is 13.3. The number of ether oxygens (including phenoxy) is 2. The molecule has 5 nitrogen and oxygen atoms in total. The lowest BCUT2D eigenvalue weighted by Crippen LogP contribution is -2.61. The van der Waals surface area contributed by atoms with Crippen molar-refractivity contribution < 1.29 is 24.8 Å². The molecular weight excluding hydrogens is 404 g/mol. The lowest BCUT2D eigenvalue weighted by Gasteiger charge is -2.62. The number of hydrogen-bond donors (Lipinski definition) is 3. The van der Waals surface area contributed by atoms with Gasteiger partial charge in [-0.3, -0.25) is 0 Å². The van der Waals surface area contributed by atoms with Crippen LogP contribution in [0.2, 0.25) is 0 Å². The van der Waals surface area contributed by atoms with Gasteiger partial charge in [0.15, 0.2) is 5.79 Å². The second-order valence-electron chi connectivity index (χ2n) is 13.4. The average molecular weight is 449 g/mol. The van der Waals surface area contributed by atoms with Crippen molar-refractivity contribution in [3.8, 4) is 0 Å². The molecule has 0 bridgehead atoms. The summed E-state index contributed by atoms with van der Waals surface area (Å²) in [7, 11) is 0. The van der Waals surface area contributed by atoms with Crippen molar-refractivity contribution in [3.05, 3.63) is 0 Å². The highest BCUT2D eigenvalue weighted by Crippen LogP contribution is 2.71. The molecule has 2 saturated heterocycles. The van der Waals surface area contributed by atoms with E-state index >= 15 is 0 Å². The fraction of sp³-hybridized carbons (Fsp3) is 1.00. The zero-order valence-corrected chi connectivity index (χ0v) is 20.4. The van der Waals surface area contributed by atoms with Crippen LogP contribution in [-0.2, 0) is 9.47 Å². The summed E-state index contributed by atoms with van der Waals surface area (Å²) in [4.78, 5) is 0. The molecule has 1 spiro atoms. The molecule has 3 unspecified atom stereocenters. The van der Waals surface area contributed by atoms with Gasteiger partial charge in [0.25, 0.3) is 0 Å². The van der Waals surface area contributed by atoms with Gasteiger partial charge in [0.2, 0.25) is 0 Å². The van der Waals surface area contributed by atoms with Crippen molar-refractivity contribution >= 4 is 0 Å². The maximum Gasteiger partial charge on any atom is 0.171 e. The molecule has 32 heavy (non-hydrogen) atoms. The van der Waals surface area contributed by atoms with Crippen molar-refractivity contribution in [2.24, 2.45) is 52.3 Å². The maximum atomic E-state index is 11.3. The first-order chi connectivity index (χ1) is 15.1. The van der Waals surface area contributed by atoms with Gasteiger partial charge in [0.1, 0.15) is 0 Å². The Morgan fingerprint density at radius 1 is 0.781 bits per heavy atom. The SMILES string of the molecule is CC1C2C(C[C@H]3[C@@H]4C[C@H](O)[C@H]5C[C@@H](O)[C@H](O)C[C@]5(C)[C@H]4CC[C@]23C)O[C@]12CC[C@@H](C)CO2. The van der Waals surface area contributed by atoms with E-state index in [0.29, 0.717) is 48.3 Å². The first-order valence-electron chi connectivity index (χ1n) is 13.4. The number of aliphatic hydroxyl groups is 3. The molecule has 5 heteroatoms. The van der Waals surface area contributed by atoms with E-state index in [1.807, 2.05) is 0 Å². The van der Waals surface area contributed by atoms with Gasteiger partial charge in [0.05, 0.1) is 31.0 Å². The minimum Gasteiger partial charge on any atom is -0.393 e. The number of fused-ring (bicyclic) bond motifs is 7. The van der Waals surface area contributed by atoms with Crippen molar-refractivity contribution in [2.75, 3.05) is 6.61 Å². The van der Waals surface area contributed by atoms with E-state index in [0.717, 1.165) is 25.9 Å². The highest BCUT2D eigenvalue weighted by Gasteiger charge is 2.70.